The molecule has 2 aromatic heterocycles. The van der Waals surface area contributed by atoms with Crippen LogP contribution in [0.4, 0.5) is 10.8 Å². The first-order valence-electron chi connectivity index (χ1n) is 9.23. The third-order valence-corrected chi connectivity index (χ3v) is 6.25. The van der Waals surface area contributed by atoms with Gasteiger partial charge in [0.15, 0.2) is 4.34 Å². The second-order valence-corrected chi connectivity index (χ2v) is 8.34. The summed E-state index contributed by atoms with van der Waals surface area (Å²) in [7, 11) is 1.63. The monoisotopic (exact) mass is 441 g/mol. The maximum Gasteiger partial charge on any atom is 0.374 e. The standard InChI is InChI=1S/C21H19N3O4S2/c1-3-27-19(25)18-16(15-6-4-5-7-17(15)28-18)12-29-21-24-23-20(30-21)22-13-8-10-14(26-2)11-9-13/h4-11H,3,12H2,1-2H3,(H,22,23). The smallest absolute Gasteiger partial charge is 0.374 e. The minimum atomic E-state index is -0.455. The molecule has 0 unspecified atom stereocenters. The fourth-order valence-corrected chi connectivity index (χ4v) is 4.65. The van der Waals surface area contributed by atoms with Gasteiger partial charge in [0.1, 0.15) is 11.3 Å². The van der Waals surface area contributed by atoms with Crippen LogP contribution in [-0.4, -0.2) is 29.9 Å². The number of thioether (sulfide) groups is 1. The van der Waals surface area contributed by atoms with Gasteiger partial charge in [-0.05, 0) is 37.3 Å². The highest BCUT2D eigenvalue weighted by Gasteiger charge is 2.22. The lowest BCUT2D eigenvalue weighted by molar-refractivity contribution is 0.0491. The van der Waals surface area contributed by atoms with E-state index >= 15 is 0 Å². The Morgan fingerprint density at radius 2 is 1.97 bits per heavy atom. The summed E-state index contributed by atoms with van der Waals surface area (Å²) in [5.41, 5.74) is 2.36. The number of hydrogen-bond acceptors (Lipinski definition) is 9. The molecule has 0 aliphatic carbocycles. The summed E-state index contributed by atoms with van der Waals surface area (Å²) >= 11 is 2.94. The molecule has 4 rings (SSSR count). The lowest BCUT2D eigenvalue weighted by atomic mass is 10.1. The van der Waals surface area contributed by atoms with Crippen LogP contribution < -0.4 is 10.1 Å². The minimum absolute atomic E-state index is 0.242. The summed E-state index contributed by atoms with van der Waals surface area (Å²) < 4.78 is 16.9. The maximum absolute atomic E-state index is 12.3. The minimum Gasteiger partial charge on any atom is -0.497 e. The predicted molar refractivity (Wildman–Crippen MR) is 118 cm³/mol. The number of carbonyl (C=O) groups excluding carboxylic acids is 1. The molecule has 0 fully saturated rings. The summed E-state index contributed by atoms with van der Waals surface area (Å²) in [4.78, 5) is 12.3. The first-order valence-corrected chi connectivity index (χ1v) is 11.0. The Morgan fingerprint density at radius 1 is 1.17 bits per heavy atom. The molecule has 0 saturated carbocycles. The van der Waals surface area contributed by atoms with Gasteiger partial charge in [0.25, 0.3) is 0 Å². The van der Waals surface area contributed by atoms with Gasteiger partial charge < -0.3 is 19.2 Å². The molecule has 4 aromatic rings. The van der Waals surface area contributed by atoms with Gasteiger partial charge in [-0.3, -0.25) is 0 Å². The Labute approximate surface area is 181 Å². The molecule has 0 radical (unpaired) electrons. The van der Waals surface area contributed by atoms with Crippen LogP contribution in [0.5, 0.6) is 5.75 Å². The Morgan fingerprint density at radius 3 is 2.73 bits per heavy atom. The average Bonchev–Trinajstić information content (AvgIpc) is 3.37. The maximum atomic E-state index is 12.3. The number of rotatable bonds is 8. The summed E-state index contributed by atoms with van der Waals surface area (Å²) in [6.45, 7) is 2.06. The van der Waals surface area contributed by atoms with Crippen molar-refractivity contribution < 1.29 is 18.7 Å². The number of furan rings is 1. The molecule has 0 bridgehead atoms. The third kappa shape index (κ3) is 4.42. The van der Waals surface area contributed by atoms with Crippen molar-refractivity contribution in [2.75, 3.05) is 19.0 Å². The second kappa shape index (κ2) is 9.19. The summed E-state index contributed by atoms with van der Waals surface area (Å²) in [6, 6.07) is 15.1. The van der Waals surface area contributed by atoms with E-state index in [0.717, 1.165) is 26.7 Å². The molecular weight excluding hydrogens is 422 g/mol. The molecule has 9 heteroatoms. The molecule has 154 valence electrons. The highest BCUT2D eigenvalue weighted by atomic mass is 32.2. The van der Waals surface area contributed by atoms with Crippen molar-refractivity contribution in [3.8, 4) is 5.75 Å². The molecule has 0 aliphatic rings. The summed E-state index contributed by atoms with van der Waals surface area (Å²) in [5, 5.41) is 13.2. The van der Waals surface area contributed by atoms with E-state index in [1.807, 2.05) is 48.5 Å². The van der Waals surface area contributed by atoms with Crippen LogP contribution in [0.15, 0.2) is 57.3 Å². The van der Waals surface area contributed by atoms with Gasteiger partial charge in [-0.1, -0.05) is 41.3 Å². The number of anilines is 2. The number of esters is 1. The number of nitrogens with zero attached hydrogens (tertiary/aromatic N) is 2. The van der Waals surface area contributed by atoms with Crippen molar-refractivity contribution >= 4 is 50.9 Å². The van der Waals surface area contributed by atoms with Gasteiger partial charge >= 0.3 is 5.97 Å². The van der Waals surface area contributed by atoms with Crippen molar-refractivity contribution in [2.24, 2.45) is 0 Å². The van der Waals surface area contributed by atoms with Crippen LogP contribution >= 0.6 is 23.1 Å². The summed E-state index contributed by atoms with van der Waals surface area (Å²) in [5.74, 6) is 1.09. The highest BCUT2D eigenvalue weighted by Crippen LogP contribution is 2.35. The van der Waals surface area contributed by atoms with Crippen molar-refractivity contribution in [2.45, 2.75) is 17.0 Å². The van der Waals surface area contributed by atoms with Gasteiger partial charge in [0.05, 0.1) is 13.7 Å². The number of ether oxygens (including phenoxy) is 2. The Kier molecular flexibility index (Phi) is 6.20. The highest BCUT2D eigenvalue weighted by molar-refractivity contribution is 8.00. The van der Waals surface area contributed by atoms with Gasteiger partial charge in [-0.2, -0.15) is 0 Å². The first kappa shape index (κ1) is 20.2. The lowest BCUT2D eigenvalue weighted by Crippen LogP contribution is -2.05. The van der Waals surface area contributed by atoms with Crippen molar-refractivity contribution in [1.82, 2.24) is 10.2 Å². The molecule has 2 aromatic carbocycles. The zero-order valence-electron chi connectivity index (χ0n) is 16.4. The van der Waals surface area contributed by atoms with Crippen molar-refractivity contribution in [3.63, 3.8) is 0 Å². The predicted octanol–water partition coefficient (Wildman–Crippen LogP) is 5.51. The van der Waals surface area contributed by atoms with E-state index in [1.165, 1.54) is 23.1 Å². The van der Waals surface area contributed by atoms with E-state index < -0.39 is 5.97 Å². The molecule has 0 spiro atoms. The average molecular weight is 442 g/mol. The third-order valence-electron chi connectivity index (χ3n) is 4.25. The molecule has 0 saturated heterocycles. The molecule has 7 nitrogen and oxygen atoms in total. The summed E-state index contributed by atoms with van der Waals surface area (Å²) in [6.07, 6.45) is 0. The largest absolute Gasteiger partial charge is 0.497 e. The van der Waals surface area contributed by atoms with Crippen LogP contribution in [0.25, 0.3) is 11.0 Å². The van der Waals surface area contributed by atoms with Crippen molar-refractivity contribution in [3.05, 3.63) is 59.9 Å². The molecule has 30 heavy (non-hydrogen) atoms. The van der Waals surface area contributed by atoms with Crippen LogP contribution in [0.2, 0.25) is 0 Å². The quantitative estimate of drug-likeness (QED) is 0.283. The van der Waals surface area contributed by atoms with Crippen LogP contribution in [0.1, 0.15) is 23.0 Å². The molecule has 1 N–H and O–H groups in total. The normalized spacial score (nSPS) is 10.9. The number of hydrogen-bond donors (Lipinski definition) is 1. The van der Waals surface area contributed by atoms with E-state index in [4.69, 9.17) is 13.9 Å². The Hall–Kier alpha value is -3.04. The van der Waals surface area contributed by atoms with Crippen LogP contribution in [-0.2, 0) is 10.5 Å². The van der Waals surface area contributed by atoms with Crippen LogP contribution in [0.3, 0.4) is 0 Å². The molecule has 0 atom stereocenters. The Bertz CT molecular complexity index is 1150. The van der Waals surface area contributed by atoms with Crippen LogP contribution in [0, 0.1) is 0 Å². The lowest BCUT2D eigenvalue weighted by Gasteiger charge is -2.03. The number of para-hydroxylation sites is 1. The molecule has 0 aliphatic heterocycles. The number of carbonyl (C=O) groups is 1. The van der Waals surface area contributed by atoms with E-state index in [-0.39, 0.29) is 5.76 Å². The molecular formula is C21H19N3O4S2. The SMILES string of the molecule is CCOC(=O)c1oc2ccccc2c1CSc1nnc(Nc2ccc(OC)cc2)s1. The topological polar surface area (TPSA) is 86.5 Å². The fourth-order valence-electron chi connectivity index (χ4n) is 2.85. The number of fused-ring (bicyclic) bond motifs is 1. The van der Waals surface area contributed by atoms with E-state index in [9.17, 15) is 4.79 Å². The van der Waals surface area contributed by atoms with Gasteiger partial charge in [-0.25, -0.2) is 4.79 Å². The second-order valence-electron chi connectivity index (χ2n) is 6.14. The zero-order chi connectivity index (χ0) is 20.9. The zero-order valence-corrected chi connectivity index (χ0v) is 18.0. The number of aromatic nitrogens is 2. The van der Waals surface area contributed by atoms with E-state index in [2.05, 4.69) is 15.5 Å². The molecule has 0 amide bonds. The number of methoxy groups -OCH3 is 1. The molecule has 2 heterocycles. The number of nitrogens with one attached hydrogen (secondary N) is 1. The van der Waals surface area contributed by atoms with Gasteiger partial charge in [-0.15, -0.1) is 10.2 Å². The van der Waals surface area contributed by atoms with Gasteiger partial charge in [0.2, 0.25) is 10.9 Å². The van der Waals surface area contributed by atoms with E-state index in [0.29, 0.717) is 23.1 Å². The van der Waals surface area contributed by atoms with E-state index in [1.54, 1.807) is 14.0 Å². The first-order chi connectivity index (χ1) is 14.7. The number of benzene rings is 2. The Balaban J connectivity index is 1.49. The van der Waals surface area contributed by atoms with Crippen molar-refractivity contribution in [1.29, 1.82) is 0 Å². The fraction of sp³-hybridized carbons (Fsp3) is 0.190. The van der Waals surface area contributed by atoms with Gasteiger partial charge in [0, 0.05) is 22.4 Å².